The van der Waals surface area contributed by atoms with Crippen LogP contribution in [0.4, 0.5) is 10.1 Å². The highest BCUT2D eigenvalue weighted by molar-refractivity contribution is 5.95. The van der Waals surface area contributed by atoms with Gasteiger partial charge in [-0.3, -0.25) is 0 Å². The van der Waals surface area contributed by atoms with Gasteiger partial charge in [0.1, 0.15) is 5.82 Å². The van der Waals surface area contributed by atoms with Crippen LogP contribution in [-0.4, -0.2) is 19.1 Å². The Labute approximate surface area is 113 Å². The van der Waals surface area contributed by atoms with E-state index in [1.165, 1.54) is 19.2 Å². The van der Waals surface area contributed by atoms with Gasteiger partial charge in [-0.1, -0.05) is 13.8 Å². The lowest BCUT2D eigenvalue weighted by atomic mass is 9.73. The Morgan fingerprint density at radius 3 is 2.68 bits per heavy atom. The van der Waals surface area contributed by atoms with Crippen LogP contribution >= 0.6 is 0 Å². The number of halogens is 1. The van der Waals surface area contributed by atoms with Crippen LogP contribution in [0.2, 0.25) is 0 Å². The van der Waals surface area contributed by atoms with Gasteiger partial charge in [0, 0.05) is 11.7 Å². The minimum atomic E-state index is -0.512. The Balaban J connectivity index is 2.07. The zero-order chi connectivity index (χ0) is 14.0. The number of ether oxygens (including phenoxy) is 1. The van der Waals surface area contributed by atoms with E-state index in [4.69, 9.17) is 0 Å². The van der Waals surface area contributed by atoms with Crippen LogP contribution in [0, 0.1) is 17.7 Å². The van der Waals surface area contributed by atoms with E-state index in [0.717, 1.165) is 18.8 Å². The van der Waals surface area contributed by atoms with Crippen LogP contribution in [0.1, 0.15) is 37.0 Å². The molecule has 3 nitrogen and oxygen atoms in total. The standard InChI is InChI=1S/C15H20FNO2/c1-9(2)10-6-12(7-10)17-14-5-4-11(16)8-13(14)15(18)19-3/h4-5,8-10,12,17H,6-7H2,1-3H3. The summed E-state index contributed by atoms with van der Waals surface area (Å²) in [6, 6.07) is 4.53. The first-order valence-electron chi connectivity index (χ1n) is 6.65. The fourth-order valence-corrected chi connectivity index (χ4v) is 2.47. The number of anilines is 1. The van der Waals surface area contributed by atoms with Gasteiger partial charge in [-0.2, -0.15) is 0 Å². The quantitative estimate of drug-likeness (QED) is 0.847. The number of esters is 1. The second kappa shape index (κ2) is 5.59. The topological polar surface area (TPSA) is 38.3 Å². The van der Waals surface area contributed by atoms with Crippen LogP contribution in [0.5, 0.6) is 0 Å². The van der Waals surface area contributed by atoms with Gasteiger partial charge < -0.3 is 10.1 Å². The fraction of sp³-hybridized carbons (Fsp3) is 0.533. The molecule has 0 radical (unpaired) electrons. The first-order valence-corrected chi connectivity index (χ1v) is 6.65. The lowest BCUT2D eigenvalue weighted by Gasteiger charge is -2.39. The van der Waals surface area contributed by atoms with Crippen LogP contribution in [0.3, 0.4) is 0 Å². The van der Waals surface area contributed by atoms with Crippen LogP contribution < -0.4 is 5.32 Å². The van der Waals surface area contributed by atoms with Crippen molar-refractivity contribution in [2.45, 2.75) is 32.7 Å². The number of methoxy groups -OCH3 is 1. The fourth-order valence-electron chi connectivity index (χ4n) is 2.47. The van der Waals surface area contributed by atoms with Crippen molar-refractivity contribution in [2.24, 2.45) is 11.8 Å². The SMILES string of the molecule is COC(=O)c1cc(F)ccc1NC1CC(C(C)C)C1. The Morgan fingerprint density at radius 1 is 1.42 bits per heavy atom. The average molecular weight is 265 g/mol. The molecule has 1 aromatic rings. The molecule has 1 aliphatic rings. The highest BCUT2D eigenvalue weighted by Crippen LogP contribution is 2.36. The minimum Gasteiger partial charge on any atom is -0.465 e. The van der Waals surface area contributed by atoms with Crippen molar-refractivity contribution in [1.82, 2.24) is 0 Å². The van der Waals surface area contributed by atoms with E-state index >= 15 is 0 Å². The number of nitrogens with one attached hydrogen (secondary N) is 1. The molecule has 104 valence electrons. The molecule has 0 amide bonds. The van der Waals surface area contributed by atoms with Crippen LogP contribution in [0.25, 0.3) is 0 Å². The molecule has 1 N–H and O–H groups in total. The molecule has 0 heterocycles. The molecule has 1 aliphatic carbocycles. The predicted molar refractivity (Wildman–Crippen MR) is 72.7 cm³/mol. The molecule has 0 spiro atoms. The summed E-state index contributed by atoms with van der Waals surface area (Å²) in [6.07, 6.45) is 2.19. The van der Waals surface area contributed by atoms with Crippen molar-refractivity contribution in [2.75, 3.05) is 12.4 Å². The molecule has 0 bridgehead atoms. The molecule has 0 saturated heterocycles. The molecule has 0 unspecified atom stereocenters. The summed E-state index contributed by atoms with van der Waals surface area (Å²) < 4.78 is 17.9. The average Bonchev–Trinajstić information content (AvgIpc) is 2.33. The first kappa shape index (κ1) is 13.8. The Hall–Kier alpha value is -1.58. The van der Waals surface area contributed by atoms with Crippen LogP contribution in [0.15, 0.2) is 18.2 Å². The molecule has 2 rings (SSSR count). The van der Waals surface area contributed by atoms with E-state index in [1.54, 1.807) is 6.07 Å². The van der Waals surface area contributed by atoms with E-state index in [1.807, 2.05) is 0 Å². The highest BCUT2D eigenvalue weighted by Gasteiger charge is 2.31. The maximum Gasteiger partial charge on any atom is 0.340 e. The third kappa shape index (κ3) is 3.06. The van der Waals surface area contributed by atoms with E-state index in [2.05, 4.69) is 23.9 Å². The summed E-state index contributed by atoms with van der Waals surface area (Å²) in [5, 5.41) is 3.31. The maximum atomic E-state index is 13.2. The van der Waals surface area contributed by atoms with Crippen molar-refractivity contribution in [1.29, 1.82) is 0 Å². The van der Waals surface area contributed by atoms with Gasteiger partial charge >= 0.3 is 5.97 Å². The lowest BCUT2D eigenvalue weighted by molar-refractivity contribution is 0.0601. The van der Waals surface area contributed by atoms with E-state index in [0.29, 0.717) is 17.6 Å². The summed E-state index contributed by atoms with van der Waals surface area (Å²) in [7, 11) is 1.30. The molecule has 19 heavy (non-hydrogen) atoms. The van der Waals surface area contributed by atoms with Gasteiger partial charge in [-0.15, -0.1) is 0 Å². The van der Waals surface area contributed by atoms with Crippen molar-refractivity contribution in [3.05, 3.63) is 29.6 Å². The summed E-state index contributed by atoms with van der Waals surface area (Å²) in [5.41, 5.74) is 0.913. The summed E-state index contributed by atoms with van der Waals surface area (Å²) in [4.78, 5) is 11.6. The largest absolute Gasteiger partial charge is 0.465 e. The van der Waals surface area contributed by atoms with Crippen molar-refractivity contribution < 1.29 is 13.9 Å². The molecule has 0 aliphatic heterocycles. The van der Waals surface area contributed by atoms with E-state index < -0.39 is 11.8 Å². The lowest BCUT2D eigenvalue weighted by Crippen LogP contribution is -2.38. The first-order chi connectivity index (χ1) is 9.01. The van der Waals surface area contributed by atoms with Gasteiger partial charge in [0.25, 0.3) is 0 Å². The summed E-state index contributed by atoms with van der Waals surface area (Å²) in [6.45, 7) is 4.44. The zero-order valence-electron chi connectivity index (χ0n) is 11.6. The zero-order valence-corrected chi connectivity index (χ0v) is 11.6. The Morgan fingerprint density at radius 2 is 2.11 bits per heavy atom. The van der Waals surface area contributed by atoms with Crippen molar-refractivity contribution in [3.63, 3.8) is 0 Å². The van der Waals surface area contributed by atoms with Gasteiger partial charge in [-0.05, 0) is 42.9 Å². The van der Waals surface area contributed by atoms with E-state index in [-0.39, 0.29) is 5.56 Å². The van der Waals surface area contributed by atoms with Gasteiger partial charge in [0.2, 0.25) is 0 Å². The number of carbonyl (C=O) groups is 1. The third-order valence-electron chi connectivity index (χ3n) is 3.86. The Kier molecular flexibility index (Phi) is 4.08. The van der Waals surface area contributed by atoms with Crippen molar-refractivity contribution in [3.8, 4) is 0 Å². The van der Waals surface area contributed by atoms with Gasteiger partial charge in [0.15, 0.2) is 0 Å². The third-order valence-corrected chi connectivity index (χ3v) is 3.86. The highest BCUT2D eigenvalue weighted by atomic mass is 19.1. The molecule has 1 aromatic carbocycles. The van der Waals surface area contributed by atoms with E-state index in [9.17, 15) is 9.18 Å². The molecular formula is C15H20FNO2. The number of carbonyl (C=O) groups excluding carboxylic acids is 1. The summed E-state index contributed by atoms with van der Waals surface area (Å²) in [5.74, 6) is 0.479. The maximum absolute atomic E-state index is 13.2. The van der Waals surface area contributed by atoms with Gasteiger partial charge in [-0.25, -0.2) is 9.18 Å². The van der Waals surface area contributed by atoms with Gasteiger partial charge in [0.05, 0.1) is 12.7 Å². The second-order valence-electron chi connectivity index (χ2n) is 5.50. The second-order valence-corrected chi connectivity index (χ2v) is 5.50. The predicted octanol–water partition coefficient (Wildman–Crippen LogP) is 3.46. The smallest absolute Gasteiger partial charge is 0.340 e. The molecule has 1 fully saturated rings. The normalized spacial score (nSPS) is 21.9. The molecule has 4 heteroatoms. The van der Waals surface area contributed by atoms with Crippen molar-refractivity contribution >= 4 is 11.7 Å². The molecule has 0 aromatic heterocycles. The molecule has 1 saturated carbocycles. The number of rotatable bonds is 4. The molecule has 0 atom stereocenters. The number of hydrogen-bond donors (Lipinski definition) is 1. The van der Waals surface area contributed by atoms with Crippen LogP contribution in [-0.2, 0) is 4.74 Å². The number of benzene rings is 1. The minimum absolute atomic E-state index is 0.260. The Bertz CT molecular complexity index is 467. The summed E-state index contributed by atoms with van der Waals surface area (Å²) >= 11 is 0. The monoisotopic (exact) mass is 265 g/mol. The number of hydrogen-bond acceptors (Lipinski definition) is 3. The molecular weight excluding hydrogens is 245 g/mol.